The molecule has 1 atom stereocenters. The van der Waals surface area contributed by atoms with Gasteiger partial charge >= 0.3 is 0 Å². The van der Waals surface area contributed by atoms with Crippen LogP contribution in [0.2, 0.25) is 0 Å². The lowest BCUT2D eigenvalue weighted by Crippen LogP contribution is -2.36. The predicted octanol–water partition coefficient (Wildman–Crippen LogP) is 0.879. The van der Waals surface area contributed by atoms with Gasteiger partial charge in [-0.15, -0.1) is 0 Å². The summed E-state index contributed by atoms with van der Waals surface area (Å²) in [5, 5.41) is 3.02. The van der Waals surface area contributed by atoms with Crippen LogP contribution < -0.4 is 16.8 Å². The molecule has 0 fully saturated rings. The highest BCUT2D eigenvalue weighted by Gasteiger charge is 2.18. The molecule has 1 aromatic rings. The summed E-state index contributed by atoms with van der Waals surface area (Å²) < 4.78 is 0. The van der Waals surface area contributed by atoms with Crippen LogP contribution in [-0.4, -0.2) is 5.96 Å². The lowest BCUT2D eigenvalue weighted by Gasteiger charge is -2.23. The number of nitrogen functional groups attached to an aromatic ring is 1. The molecule has 1 aliphatic rings. The van der Waals surface area contributed by atoms with Crippen molar-refractivity contribution in [2.75, 3.05) is 5.73 Å². The van der Waals surface area contributed by atoms with Gasteiger partial charge < -0.3 is 16.8 Å². The quantitative estimate of drug-likeness (QED) is 0.513. The van der Waals surface area contributed by atoms with E-state index in [1.165, 1.54) is 0 Å². The predicted molar refractivity (Wildman–Crippen MR) is 53.7 cm³/mol. The van der Waals surface area contributed by atoms with Crippen molar-refractivity contribution in [3.05, 3.63) is 23.8 Å². The van der Waals surface area contributed by atoms with Crippen molar-refractivity contribution < 1.29 is 0 Å². The average Bonchev–Trinajstić information content (AvgIpc) is 2.02. The van der Waals surface area contributed by atoms with Gasteiger partial charge in [0.2, 0.25) is 0 Å². The van der Waals surface area contributed by atoms with E-state index in [1.807, 2.05) is 25.1 Å². The van der Waals surface area contributed by atoms with Gasteiger partial charge in [-0.3, -0.25) is 0 Å². The van der Waals surface area contributed by atoms with Crippen molar-refractivity contribution in [3.8, 4) is 0 Å². The number of guanidine groups is 1. The molecular weight excluding hydrogens is 164 g/mol. The maximum absolute atomic E-state index is 5.83. The molecule has 4 heteroatoms. The van der Waals surface area contributed by atoms with E-state index >= 15 is 0 Å². The fourth-order valence-electron chi connectivity index (χ4n) is 1.60. The third-order valence-corrected chi connectivity index (χ3v) is 2.16. The van der Waals surface area contributed by atoms with Crippen LogP contribution in [0.4, 0.5) is 11.4 Å². The highest BCUT2D eigenvalue weighted by atomic mass is 15.1. The van der Waals surface area contributed by atoms with Crippen LogP contribution in [-0.2, 0) is 0 Å². The van der Waals surface area contributed by atoms with E-state index in [-0.39, 0.29) is 6.04 Å². The van der Waals surface area contributed by atoms with Gasteiger partial charge in [0, 0.05) is 11.3 Å². The monoisotopic (exact) mass is 176 g/mol. The zero-order valence-electron chi connectivity index (χ0n) is 7.41. The minimum atomic E-state index is 0.133. The molecule has 0 saturated carbocycles. The molecule has 2 rings (SSSR count). The van der Waals surface area contributed by atoms with Gasteiger partial charge in [0.15, 0.2) is 5.96 Å². The Balaban J connectivity index is 2.62. The number of rotatable bonds is 0. The number of nitrogens with two attached hydrogens (primary N) is 2. The maximum Gasteiger partial charge on any atom is 0.194 e. The summed E-state index contributed by atoms with van der Waals surface area (Å²) in [5.74, 6) is 0.450. The number of benzene rings is 1. The third kappa shape index (κ3) is 1.20. The van der Waals surface area contributed by atoms with Crippen LogP contribution in [0.3, 0.4) is 0 Å². The summed E-state index contributed by atoms with van der Waals surface area (Å²) >= 11 is 0. The molecule has 1 unspecified atom stereocenters. The molecule has 5 N–H and O–H groups in total. The molecule has 1 heterocycles. The number of fused-ring (bicyclic) bond motifs is 1. The van der Waals surface area contributed by atoms with Crippen molar-refractivity contribution in [1.29, 1.82) is 0 Å². The second-order valence-electron chi connectivity index (χ2n) is 3.14. The molecule has 1 aliphatic heterocycles. The Morgan fingerprint density at radius 3 is 2.92 bits per heavy atom. The van der Waals surface area contributed by atoms with E-state index in [4.69, 9.17) is 11.5 Å². The molecule has 13 heavy (non-hydrogen) atoms. The fraction of sp³-hybridized carbons (Fsp3) is 0.222. The van der Waals surface area contributed by atoms with Crippen LogP contribution in [0.25, 0.3) is 0 Å². The largest absolute Gasteiger partial charge is 0.398 e. The lowest BCUT2D eigenvalue weighted by atomic mass is 10.0. The summed E-state index contributed by atoms with van der Waals surface area (Å²) in [6.45, 7) is 2.01. The van der Waals surface area contributed by atoms with Gasteiger partial charge in [0.25, 0.3) is 0 Å². The molecule has 0 spiro atoms. The smallest absolute Gasteiger partial charge is 0.194 e. The molecule has 4 nitrogen and oxygen atoms in total. The van der Waals surface area contributed by atoms with Crippen LogP contribution >= 0.6 is 0 Å². The molecule has 68 valence electrons. The third-order valence-electron chi connectivity index (χ3n) is 2.16. The van der Waals surface area contributed by atoms with Crippen molar-refractivity contribution in [2.24, 2.45) is 10.7 Å². The number of nitrogens with zero attached hydrogens (tertiary/aromatic N) is 1. The normalized spacial score (nSPS) is 20.1. The Bertz CT molecular complexity index is 370. The molecule has 0 aliphatic carbocycles. The number of aliphatic imine (C=N–C) groups is 1. The molecular formula is C9H12N4. The highest BCUT2D eigenvalue weighted by molar-refractivity contribution is 5.85. The number of hydrogen-bond acceptors (Lipinski definition) is 4. The second-order valence-corrected chi connectivity index (χ2v) is 3.14. The Morgan fingerprint density at radius 1 is 1.38 bits per heavy atom. The second kappa shape index (κ2) is 2.65. The first-order chi connectivity index (χ1) is 6.18. The van der Waals surface area contributed by atoms with Gasteiger partial charge in [-0.25, -0.2) is 4.99 Å². The van der Waals surface area contributed by atoms with Crippen LogP contribution in [0.1, 0.15) is 18.5 Å². The Morgan fingerprint density at radius 2 is 2.15 bits per heavy atom. The van der Waals surface area contributed by atoms with E-state index in [2.05, 4.69) is 10.3 Å². The topological polar surface area (TPSA) is 76.4 Å². The first-order valence-electron chi connectivity index (χ1n) is 4.17. The Hall–Kier alpha value is -1.71. The van der Waals surface area contributed by atoms with Gasteiger partial charge in [0.05, 0.1) is 11.7 Å². The van der Waals surface area contributed by atoms with Gasteiger partial charge in [-0.05, 0) is 19.1 Å². The van der Waals surface area contributed by atoms with Gasteiger partial charge in [0.1, 0.15) is 0 Å². The standard InChI is InChI=1S/C9H12N4/c1-5-8-6(10)3-2-4-7(8)13-9(11)12-5/h2-5H,10H2,1H3,(H3,11,12,13). The zero-order valence-corrected chi connectivity index (χ0v) is 7.41. The minimum Gasteiger partial charge on any atom is -0.398 e. The molecule has 0 saturated heterocycles. The van der Waals surface area contributed by atoms with Crippen molar-refractivity contribution in [1.82, 2.24) is 5.32 Å². The fourth-order valence-corrected chi connectivity index (χ4v) is 1.60. The van der Waals surface area contributed by atoms with E-state index in [9.17, 15) is 0 Å². The summed E-state index contributed by atoms with van der Waals surface area (Å²) in [7, 11) is 0. The maximum atomic E-state index is 5.83. The minimum absolute atomic E-state index is 0.133. The van der Waals surface area contributed by atoms with E-state index in [0.29, 0.717) is 5.96 Å². The van der Waals surface area contributed by atoms with Crippen LogP contribution in [0, 0.1) is 0 Å². The Kier molecular flexibility index (Phi) is 1.62. The van der Waals surface area contributed by atoms with Crippen LogP contribution in [0.15, 0.2) is 23.2 Å². The first kappa shape index (κ1) is 7.91. The van der Waals surface area contributed by atoms with E-state index < -0.39 is 0 Å². The van der Waals surface area contributed by atoms with Crippen LogP contribution in [0.5, 0.6) is 0 Å². The van der Waals surface area contributed by atoms with Crippen molar-refractivity contribution in [3.63, 3.8) is 0 Å². The SMILES string of the molecule is CC1NC(N)=Nc2cccc(N)c21. The summed E-state index contributed by atoms with van der Waals surface area (Å²) in [6, 6.07) is 5.79. The van der Waals surface area contributed by atoms with Crippen molar-refractivity contribution in [2.45, 2.75) is 13.0 Å². The molecule has 1 aromatic carbocycles. The summed E-state index contributed by atoms with van der Waals surface area (Å²) in [4.78, 5) is 4.16. The number of nitrogens with one attached hydrogen (secondary N) is 1. The molecule has 0 radical (unpaired) electrons. The summed E-state index contributed by atoms with van der Waals surface area (Å²) in [5.41, 5.74) is 14.1. The molecule has 0 amide bonds. The lowest BCUT2D eigenvalue weighted by molar-refractivity contribution is 0.702. The average molecular weight is 176 g/mol. The molecule has 0 aromatic heterocycles. The Labute approximate surface area is 76.6 Å². The van der Waals surface area contributed by atoms with Crippen molar-refractivity contribution >= 4 is 17.3 Å². The zero-order chi connectivity index (χ0) is 9.42. The summed E-state index contributed by atoms with van der Waals surface area (Å²) in [6.07, 6.45) is 0. The number of anilines is 1. The highest BCUT2D eigenvalue weighted by Crippen LogP contribution is 2.32. The first-order valence-corrected chi connectivity index (χ1v) is 4.17. The van der Waals surface area contributed by atoms with E-state index in [0.717, 1.165) is 16.9 Å². The van der Waals surface area contributed by atoms with E-state index in [1.54, 1.807) is 0 Å². The van der Waals surface area contributed by atoms with Gasteiger partial charge in [-0.2, -0.15) is 0 Å². The molecule has 0 bridgehead atoms. The number of hydrogen-bond donors (Lipinski definition) is 3. The van der Waals surface area contributed by atoms with Gasteiger partial charge in [-0.1, -0.05) is 6.07 Å².